The van der Waals surface area contributed by atoms with E-state index in [1.54, 1.807) is 18.3 Å². The fourth-order valence-corrected chi connectivity index (χ4v) is 0.765. The first-order chi connectivity index (χ1) is 5.86. The highest BCUT2D eigenvalue weighted by Gasteiger charge is 1.92. The number of nitrogens with one attached hydrogen (secondary N) is 1. The van der Waals surface area contributed by atoms with Crippen molar-refractivity contribution in [3.63, 3.8) is 0 Å². The van der Waals surface area contributed by atoms with E-state index in [1.807, 2.05) is 6.07 Å². The van der Waals surface area contributed by atoms with Crippen LogP contribution in [0.15, 0.2) is 18.3 Å². The van der Waals surface area contributed by atoms with E-state index < -0.39 is 0 Å². The molecule has 0 spiro atoms. The molecular formula is C8H9N3O. The lowest BCUT2D eigenvalue weighted by atomic mass is 10.3. The van der Waals surface area contributed by atoms with Crippen molar-refractivity contribution >= 4 is 5.69 Å². The molecule has 4 heteroatoms. The Hall–Kier alpha value is -1.60. The number of nitrogens with zero attached hydrogens (tertiary/aromatic N) is 2. The molecule has 0 bridgehead atoms. The summed E-state index contributed by atoms with van der Waals surface area (Å²) < 4.78 is 0. The molecule has 0 aliphatic heterocycles. The van der Waals surface area contributed by atoms with Crippen molar-refractivity contribution in [3.05, 3.63) is 24.0 Å². The van der Waals surface area contributed by atoms with E-state index in [-0.39, 0.29) is 6.61 Å². The second-order valence-electron chi connectivity index (χ2n) is 2.19. The Morgan fingerprint density at radius 2 is 2.42 bits per heavy atom. The van der Waals surface area contributed by atoms with Crippen LogP contribution in [0.25, 0.3) is 0 Å². The summed E-state index contributed by atoms with van der Waals surface area (Å²) in [6.45, 7) is 0.577. The van der Waals surface area contributed by atoms with Gasteiger partial charge in [0.15, 0.2) is 0 Å². The molecule has 0 aliphatic rings. The number of anilines is 1. The lowest BCUT2D eigenvalue weighted by Crippen LogP contribution is -2.05. The first-order valence-electron chi connectivity index (χ1n) is 3.57. The molecule has 0 radical (unpaired) electrons. The average molecular weight is 163 g/mol. The Bertz CT molecular complexity index is 275. The van der Waals surface area contributed by atoms with Crippen LogP contribution in [0.3, 0.4) is 0 Å². The maximum absolute atomic E-state index is 8.49. The summed E-state index contributed by atoms with van der Waals surface area (Å²) in [6, 6.07) is 5.30. The van der Waals surface area contributed by atoms with Crippen LogP contribution in [-0.2, 0) is 0 Å². The summed E-state index contributed by atoms with van der Waals surface area (Å²) in [6.07, 6.45) is 1.56. The van der Waals surface area contributed by atoms with Gasteiger partial charge in [-0.15, -0.1) is 0 Å². The van der Waals surface area contributed by atoms with Crippen molar-refractivity contribution in [1.29, 1.82) is 5.26 Å². The number of hydrogen-bond donors (Lipinski definition) is 2. The van der Waals surface area contributed by atoms with Crippen molar-refractivity contribution in [3.8, 4) is 6.07 Å². The second-order valence-corrected chi connectivity index (χ2v) is 2.19. The molecule has 0 amide bonds. The van der Waals surface area contributed by atoms with Gasteiger partial charge in [0.25, 0.3) is 0 Å². The third-order valence-corrected chi connectivity index (χ3v) is 1.32. The Balaban J connectivity index is 2.60. The van der Waals surface area contributed by atoms with Gasteiger partial charge in [-0.3, -0.25) is 0 Å². The zero-order chi connectivity index (χ0) is 8.81. The first kappa shape index (κ1) is 8.50. The number of rotatable bonds is 3. The molecule has 1 aromatic rings. The summed E-state index contributed by atoms with van der Waals surface area (Å²) in [5, 5.41) is 19.8. The van der Waals surface area contributed by atoms with Gasteiger partial charge in [-0.2, -0.15) is 5.26 Å². The maximum atomic E-state index is 8.49. The molecule has 1 aromatic heterocycles. The van der Waals surface area contributed by atoms with Crippen LogP contribution in [0, 0.1) is 11.3 Å². The van der Waals surface area contributed by atoms with Gasteiger partial charge in [-0.1, -0.05) is 0 Å². The Kier molecular flexibility index (Phi) is 3.05. The van der Waals surface area contributed by atoms with Gasteiger partial charge in [0.1, 0.15) is 11.8 Å². The monoisotopic (exact) mass is 163 g/mol. The quantitative estimate of drug-likeness (QED) is 0.675. The molecular weight excluding hydrogens is 154 g/mol. The van der Waals surface area contributed by atoms with Gasteiger partial charge in [0, 0.05) is 6.54 Å². The number of nitriles is 1. The minimum atomic E-state index is 0.0833. The lowest BCUT2D eigenvalue weighted by molar-refractivity contribution is 0.311. The highest BCUT2D eigenvalue weighted by molar-refractivity contribution is 5.42. The molecule has 4 nitrogen and oxygen atoms in total. The Morgan fingerprint density at radius 1 is 1.58 bits per heavy atom. The smallest absolute Gasteiger partial charge is 0.140 e. The van der Waals surface area contributed by atoms with Crippen LogP contribution in [0.4, 0.5) is 5.69 Å². The molecule has 62 valence electrons. The summed E-state index contributed by atoms with van der Waals surface area (Å²) in [4.78, 5) is 3.84. The van der Waals surface area contributed by atoms with Crippen LogP contribution in [0.2, 0.25) is 0 Å². The van der Waals surface area contributed by atoms with Gasteiger partial charge in [-0.05, 0) is 12.1 Å². The minimum Gasteiger partial charge on any atom is -0.395 e. The SMILES string of the molecule is N#Cc1ccc(NCCO)cn1. The van der Waals surface area contributed by atoms with Gasteiger partial charge in [0.05, 0.1) is 18.5 Å². The molecule has 0 saturated carbocycles. The summed E-state index contributed by atoms with van der Waals surface area (Å²) in [7, 11) is 0. The van der Waals surface area contributed by atoms with Gasteiger partial charge in [-0.25, -0.2) is 4.98 Å². The molecule has 0 saturated heterocycles. The van der Waals surface area contributed by atoms with E-state index in [2.05, 4.69) is 10.3 Å². The molecule has 0 atom stereocenters. The number of pyridine rings is 1. The fourth-order valence-electron chi connectivity index (χ4n) is 0.765. The molecule has 0 aliphatic carbocycles. The number of aliphatic hydroxyl groups is 1. The van der Waals surface area contributed by atoms with Crippen molar-refractivity contribution in [2.24, 2.45) is 0 Å². The van der Waals surface area contributed by atoms with E-state index in [0.29, 0.717) is 12.2 Å². The predicted octanol–water partition coefficient (Wildman–Crippen LogP) is 0.357. The zero-order valence-electron chi connectivity index (χ0n) is 6.49. The summed E-state index contributed by atoms with van der Waals surface area (Å²) >= 11 is 0. The van der Waals surface area contributed by atoms with Crippen LogP contribution >= 0.6 is 0 Å². The van der Waals surface area contributed by atoms with Crippen molar-refractivity contribution in [1.82, 2.24) is 4.98 Å². The maximum Gasteiger partial charge on any atom is 0.140 e. The molecule has 0 aromatic carbocycles. The summed E-state index contributed by atoms with van der Waals surface area (Å²) in [5.41, 5.74) is 1.20. The third kappa shape index (κ3) is 2.22. The molecule has 1 heterocycles. The highest BCUT2D eigenvalue weighted by atomic mass is 16.3. The van der Waals surface area contributed by atoms with Gasteiger partial charge in [0.2, 0.25) is 0 Å². The van der Waals surface area contributed by atoms with E-state index in [0.717, 1.165) is 5.69 Å². The van der Waals surface area contributed by atoms with Crippen molar-refractivity contribution < 1.29 is 5.11 Å². The largest absolute Gasteiger partial charge is 0.395 e. The van der Waals surface area contributed by atoms with Crippen molar-refractivity contribution in [2.45, 2.75) is 0 Å². The zero-order valence-corrected chi connectivity index (χ0v) is 6.49. The van der Waals surface area contributed by atoms with Gasteiger partial charge < -0.3 is 10.4 Å². The summed E-state index contributed by atoms with van der Waals surface area (Å²) in [5.74, 6) is 0. The van der Waals surface area contributed by atoms with Crippen molar-refractivity contribution in [2.75, 3.05) is 18.5 Å². The van der Waals surface area contributed by atoms with E-state index >= 15 is 0 Å². The van der Waals surface area contributed by atoms with Crippen LogP contribution < -0.4 is 5.32 Å². The molecule has 12 heavy (non-hydrogen) atoms. The Labute approximate surface area is 70.5 Å². The van der Waals surface area contributed by atoms with E-state index in [4.69, 9.17) is 10.4 Å². The van der Waals surface area contributed by atoms with Gasteiger partial charge >= 0.3 is 0 Å². The molecule has 1 rings (SSSR count). The number of hydrogen-bond acceptors (Lipinski definition) is 4. The highest BCUT2D eigenvalue weighted by Crippen LogP contribution is 2.04. The third-order valence-electron chi connectivity index (χ3n) is 1.32. The predicted molar refractivity (Wildman–Crippen MR) is 44.5 cm³/mol. The van der Waals surface area contributed by atoms with Crippen LogP contribution in [0.5, 0.6) is 0 Å². The average Bonchev–Trinajstić information content (AvgIpc) is 2.15. The van der Waals surface area contributed by atoms with Crippen LogP contribution in [0.1, 0.15) is 5.69 Å². The molecule has 2 N–H and O–H groups in total. The second kappa shape index (κ2) is 4.31. The minimum absolute atomic E-state index is 0.0833. The lowest BCUT2D eigenvalue weighted by Gasteiger charge is -2.01. The Morgan fingerprint density at radius 3 is 2.92 bits per heavy atom. The van der Waals surface area contributed by atoms with E-state index in [1.165, 1.54) is 0 Å². The standard InChI is InChI=1S/C8H9N3O/c9-5-7-1-2-8(6-11-7)10-3-4-12/h1-2,6,10,12H,3-4H2. The molecule has 0 fully saturated rings. The normalized spacial score (nSPS) is 9.00. The van der Waals surface area contributed by atoms with E-state index in [9.17, 15) is 0 Å². The van der Waals surface area contributed by atoms with Crippen LogP contribution in [-0.4, -0.2) is 23.2 Å². The number of aliphatic hydroxyl groups excluding tert-OH is 1. The first-order valence-corrected chi connectivity index (χ1v) is 3.57. The molecule has 0 unspecified atom stereocenters. The topological polar surface area (TPSA) is 68.9 Å². The fraction of sp³-hybridized carbons (Fsp3) is 0.250. The number of aromatic nitrogens is 1.